The molecule has 1 aliphatic heterocycles. The lowest BCUT2D eigenvalue weighted by atomic mass is 9.99. The molecule has 0 saturated carbocycles. The van der Waals surface area contributed by atoms with Crippen LogP contribution in [-0.4, -0.2) is 58.6 Å². The zero-order valence-corrected chi connectivity index (χ0v) is 14.5. The van der Waals surface area contributed by atoms with Crippen molar-refractivity contribution in [1.82, 2.24) is 0 Å². The van der Waals surface area contributed by atoms with E-state index in [9.17, 15) is 20.1 Å². The van der Waals surface area contributed by atoms with Crippen LogP contribution in [0.1, 0.15) is 15.9 Å². The maximum absolute atomic E-state index is 12.0. The molecule has 0 spiro atoms. The summed E-state index contributed by atoms with van der Waals surface area (Å²) in [6.45, 7) is -0.146. The van der Waals surface area contributed by atoms with Gasteiger partial charge in [-0.2, -0.15) is 0 Å². The molecule has 0 radical (unpaired) electrons. The average Bonchev–Trinajstić information content (AvgIpc) is 2.71. The van der Waals surface area contributed by atoms with E-state index in [2.05, 4.69) is 0 Å². The molecule has 0 unspecified atom stereocenters. The fraction of sp³-hybridized carbons (Fsp3) is 0.350. The highest BCUT2D eigenvalue weighted by atomic mass is 16.7. The number of aliphatic hydroxyl groups excluding tert-OH is 3. The predicted octanol–water partition coefficient (Wildman–Crippen LogP) is 0.868. The molecular weight excluding hydrogens is 352 g/mol. The van der Waals surface area contributed by atoms with Crippen molar-refractivity contribution in [1.29, 1.82) is 0 Å². The number of rotatable bonds is 6. The minimum Gasteiger partial charge on any atom is -0.459 e. The molecule has 2 aromatic carbocycles. The van der Waals surface area contributed by atoms with Crippen LogP contribution in [0.3, 0.4) is 0 Å². The van der Waals surface area contributed by atoms with Gasteiger partial charge in [0.05, 0.1) is 12.2 Å². The van der Waals surface area contributed by atoms with Crippen LogP contribution < -0.4 is 0 Å². The Labute approximate surface area is 156 Å². The molecule has 0 bridgehead atoms. The first-order chi connectivity index (χ1) is 13.1. The Balaban J connectivity index is 1.59. The Bertz CT molecular complexity index is 722. The number of hydrogen-bond acceptors (Lipinski definition) is 7. The topological polar surface area (TPSA) is 105 Å². The third-order valence-corrected chi connectivity index (χ3v) is 4.33. The third kappa shape index (κ3) is 4.91. The maximum Gasteiger partial charge on any atom is 0.338 e. The standard InChI is InChI=1S/C20H22O7/c21-16-15(12-26-19(23)14-9-5-2-6-10-14)27-20(24)17(22)18(16)25-11-13-7-3-1-4-8-13/h1-10,15-18,20-22,24H,11-12H2/t15-,16+,17-,18+,20-/m1/s1. The summed E-state index contributed by atoms with van der Waals surface area (Å²) in [6, 6.07) is 17.6. The smallest absolute Gasteiger partial charge is 0.338 e. The summed E-state index contributed by atoms with van der Waals surface area (Å²) in [5.41, 5.74) is 1.21. The quantitative estimate of drug-likeness (QED) is 0.644. The average molecular weight is 374 g/mol. The van der Waals surface area contributed by atoms with E-state index in [1.54, 1.807) is 30.3 Å². The molecule has 1 aliphatic rings. The normalized spacial score (nSPS) is 27.9. The molecule has 7 heteroatoms. The van der Waals surface area contributed by atoms with Crippen molar-refractivity contribution < 1.29 is 34.3 Å². The first kappa shape index (κ1) is 19.5. The highest BCUT2D eigenvalue weighted by molar-refractivity contribution is 5.89. The van der Waals surface area contributed by atoms with E-state index in [0.717, 1.165) is 5.56 Å². The van der Waals surface area contributed by atoms with Crippen molar-refractivity contribution in [2.75, 3.05) is 6.61 Å². The predicted molar refractivity (Wildman–Crippen MR) is 94.6 cm³/mol. The molecule has 0 aliphatic carbocycles. The molecule has 1 heterocycles. The second-order valence-corrected chi connectivity index (χ2v) is 6.27. The molecule has 1 saturated heterocycles. The van der Waals surface area contributed by atoms with Crippen LogP contribution in [0.2, 0.25) is 0 Å². The molecule has 0 aromatic heterocycles. The van der Waals surface area contributed by atoms with Crippen LogP contribution in [0.4, 0.5) is 0 Å². The van der Waals surface area contributed by atoms with Crippen LogP contribution in [0.15, 0.2) is 60.7 Å². The first-order valence-electron chi connectivity index (χ1n) is 8.63. The van der Waals surface area contributed by atoms with E-state index in [0.29, 0.717) is 5.56 Å². The molecular formula is C20H22O7. The van der Waals surface area contributed by atoms with E-state index in [1.165, 1.54) is 0 Å². The minimum absolute atomic E-state index is 0.142. The van der Waals surface area contributed by atoms with Crippen molar-refractivity contribution in [2.45, 2.75) is 37.3 Å². The number of hydrogen-bond donors (Lipinski definition) is 3. The molecule has 0 amide bonds. The van der Waals surface area contributed by atoms with Crippen LogP contribution in [0, 0.1) is 0 Å². The number of esters is 1. The monoisotopic (exact) mass is 374 g/mol. The van der Waals surface area contributed by atoms with E-state index >= 15 is 0 Å². The Morgan fingerprint density at radius 1 is 0.926 bits per heavy atom. The summed E-state index contributed by atoms with van der Waals surface area (Å²) in [7, 11) is 0. The van der Waals surface area contributed by atoms with Crippen molar-refractivity contribution >= 4 is 5.97 Å². The summed E-state index contributed by atoms with van der Waals surface area (Å²) < 4.78 is 15.9. The number of benzene rings is 2. The minimum atomic E-state index is -1.56. The maximum atomic E-state index is 12.0. The van der Waals surface area contributed by atoms with Gasteiger partial charge in [0.1, 0.15) is 31.0 Å². The lowest BCUT2D eigenvalue weighted by Crippen LogP contribution is -2.59. The van der Waals surface area contributed by atoms with Gasteiger partial charge < -0.3 is 29.5 Å². The summed E-state index contributed by atoms with van der Waals surface area (Å²) in [6.07, 6.45) is -6.39. The Kier molecular flexibility index (Phi) is 6.54. The Morgan fingerprint density at radius 2 is 1.56 bits per heavy atom. The SMILES string of the molecule is O=C(OC[C@H]1O[C@@H](O)[C@H](O)[C@@H](OCc2ccccc2)[C@H]1O)c1ccccc1. The third-order valence-electron chi connectivity index (χ3n) is 4.33. The fourth-order valence-electron chi connectivity index (χ4n) is 2.83. The molecule has 27 heavy (non-hydrogen) atoms. The van der Waals surface area contributed by atoms with Gasteiger partial charge in [-0.15, -0.1) is 0 Å². The summed E-state index contributed by atoms with van der Waals surface area (Å²) in [5.74, 6) is -0.575. The van der Waals surface area contributed by atoms with Crippen molar-refractivity contribution in [3.63, 3.8) is 0 Å². The zero-order valence-electron chi connectivity index (χ0n) is 14.5. The van der Waals surface area contributed by atoms with Gasteiger partial charge in [0.2, 0.25) is 0 Å². The number of ether oxygens (including phenoxy) is 3. The van der Waals surface area contributed by atoms with Gasteiger partial charge in [-0.1, -0.05) is 48.5 Å². The molecule has 5 atom stereocenters. The lowest BCUT2D eigenvalue weighted by molar-refractivity contribution is -0.295. The van der Waals surface area contributed by atoms with E-state index in [4.69, 9.17) is 14.2 Å². The molecule has 7 nitrogen and oxygen atoms in total. The molecule has 144 valence electrons. The van der Waals surface area contributed by atoms with Crippen LogP contribution in [0.25, 0.3) is 0 Å². The first-order valence-corrected chi connectivity index (χ1v) is 8.63. The van der Waals surface area contributed by atoms with Gasteiger partial charge in [0, 0.05) is 0 Å². The fourth-order valence-corrected chi connectivity index (χ4v) is 2.83. The van der Waals surface area contributed by atoms with E-state index in [1.807, 2.05) is 30.3 Å². The second-order valence-electron chi connectivity index (χ2n) is 6.27. The molecule has 3 N–H and O–H groups in total. The summed E-state index contributed by atoms with van der Waals surface area (Å²) in [5, 5.41) is 30.5. The van der Waals surface area contributed by atoms with Gasteiger partial charge in [-0.05, 0) is 17.7 Å². The van der Waals surface area contributed by atoms with Crippen molar-refractivity contribution in [3.8, 4) is 0 Å². The summed E-state index contributed by atoms with van der Waals surface area (Å²) >= 11 is 0. The van der Waals surface area contributed by atoms with Gasteiger partial charge in [-0.3, -0.25) is 0 Å². The number of carbonyl (C=O) groups excluding carboxylic acids is 1. The molecule has 1 fully saturated rings. The molecule has 3 rings (SSSR count). The van der Waals surface area contributed by atoms with Crippen molar-refractivity contribution in [2.24, 2.45) is 0 Å². The highest BCUT2D eigenvalue weighted by Gasteiger charge is 2.45. The van der Waals surface area contributed by atoms with Crippen LogP contribution in [-0.2, 0) is 20.8 Å². The largest absolute Gasteiger partial charge is 0.459 e. The van der Waals surface area contributed by atoms with E-state index in [-0.39, 0.29) is 13.2 Å². The Hall–Kier alpha value is -2.29. The van der Waals surface area contributed by atoms with Gasteiger partial charge in [0.25, 0.3) is 0 Å². The summed E-state index contributed by atoms with van der Waals surface area (Å²) in [4.78, 5) is 12.0. The number of aliphatic hydroxyl groups is 3. The van der Waals surface area contributed by atoms with Gasteiger partial charge in [0.15, 0.2) is 6.29 Å². The van der Waals surface area contributed by atoms with E-state index < -0.39 is 36.7 Å². The van der Waals surface area contributed by atoms with Crippen molar-refractivity contribution in [3.05, 3.63) is 71.8 Å². The number of carbonyl (C=O) groups is 1. The highest BCUT2D eigenvalue weighted by Crippen LogP contribution is 2.24. The lowest BCUT2D eigenvalue weighted by Gasteiger charge is -2.40. The second kappa shape index (κ2) is 9.07. The van der Waals surface area contributed by atoms with Crippen LogP contribution >= 0.6 is 0 Å². The zero-order chi connectivity index (χ0) is 19.2. The van der Waals surface area contributed by atoms with Gasteiger partial charge >= 0.3 is 5.97 Å². The Morgan fingerprint density at radius 3 is 2.22 bits per heavy atom. The van der Waals surface area contributed by atoms with Crippen LogP contribution in [0.5, 0.6) is 0 Å². The van der Waals surface area contributed by atoms with Gasteiger partial charge in [-0.25, -0.2) is 4.79 Å². The molecule has 2 aromatic rings.